The molecule has 0 spiro atoms. The molecule has 1 aromatic heterocycles. The fraction of sp³-hybridized carbons (Fsp3) is 0.353. The monoisotopic (exact) mass is 428 g/mol. The Kier molecular flexibility index (Phi) is 9.20. The molecule has 0 fully saturated rings. The van der Waals surface area contributed by atoms with Gasteiger partial charge in [0, 0.05) is 32.4 Å². The first-order chi connectivity index (χ1) is 10.8. The Morgan fingerprint density at radius 1 is 1.13 bits per heavy atom. The third-order valence-corrected chi connectivity index (χ3v) is 3.25. The second kappa shape index (κ2) is 10.9. The van der Waals surface area contributed by atoms with Crippen LogP contribution in [0.2, 0.25) is 0 Å². The summed E-state index contributed by atoms with van der Waals surface area (Å²) < 4.78 is 5.29. The molecule has 1 heterocycles. The molecule has 2 rings (SSSR count). The SMILES string of the molecule is CCNC(=NCc1ccco1)NCCN(C)c1ccccc1.I. The number of halogens is 1. The van der Waals surface area contributed by atoms with Gasteiger partial charge in [-0.1, -0.05) is 18.2 Å². The van der Waals surface area contributed by atoms with Gasteiger partial charge in [-0.15, -0.1) is 24.0 Å². The summed E-state index contributed by atoms with van der Waals surface area (Å²) in [6.45, 7) is 5.14. The van der Waals surface area contributed by atoms with E-state index in [1.807, 2.05) is 30.3 Å². The van der Waals surface area contributed by atoms with Crippen LogP contribution in [0.15, 0.2) is 58.1 Å². The predicted molar refractivity (Wildman–Crippen MR) is 107 cm³/mol. The molecule has 0 atom stereocenters. The van der Waals surface area contributed by atoms with Gasteiger partial charge >= 0.3 is 0 Å². The van der Waals surface area contributed by atoms with Crippen molar-refractivity contribution < 1.29 is 4.42 Å². The van der Waals surface area contributed by atoms with Gasteiger partial charge in [-0.2, -0.15) is 0 Å². The van der Waals surface area contributed by atoms with Crippen LogP contribution < -0.4 is 15.5 Å². The molecule has 0 aliphatic rings. The first-order valence-electron chi connectivity index (χ1n) is 7.60. The Hall–Kier alpha value is -1.70. The van der Waals surface area contributed by atoms with Crippen LogP contribution in [0.1, 0.15) is 12.7 Å². The number of likely N-dealkylation sites (N-methyl/N-ethyl adjacent to an activating group) is 1. The van der Waals surface area contributed by atoms with Crippen LogP contribution in [0, 0.1) is 0 Å². The highest BCUT2D eigenvalue weighted by Crippen LogP contribution is 2.09. The van der Waals surface area contributed by atoms with Crippen molar-refractivity contribution in [3.05, 3.63) is 54.5 Å². The van der Waals surface area contributed by atoms with E-state index in [1.54, 1.807) is 6.26 Å². The first kappa shape index (κ1) is 19.3. The quantitative estimate of drug-likeness (QED) is 0.405. The summed E-state index contributed by atoms with van der Waals surface area (Å²) in [5.74, 6) is 1.67. The summed E-state index contributed by atoms with van der Waals surface area (Å²) in [7, 11) is 2.09. The zero-order chi connectivity index (χ0) is 15.6. The van der Waals surface area contributed by atoms with Crippen molar-refractivity contribution in [2.45, 2.75) is 13.5 Å². The number of hydrogen-bond donors (Lipinski definition) is 2. The molecule has 2 aromatic rings. The number of anilines is 1. The van der Waals surface area contributed by atoms with Crippen molar-refractivity contribution in [2.24, 2.45) is 4.99 Å². The normalized spacial score (nSPS) is 10.8. The number of nitrogens with zero attached hydrogens (tertiary/aromatic N) is 2. The molecule has 0 saturated heterocycles. The van der Waals surface area contributed by atoms with Crippen molar-refractivity contribution in [1.29, 1.82) is 0 Å². The Morgan fingerprint density at radius 2 is 1.91 bits per heavy atom. The van der Waals surface area contributed by atoms with Crippen LogP contribution in [-0.4, -0.2) is 32.6 Å². The molecule has 0 radical (unpaired) electrons. The summed E-state index contributed by atoms with van der Waals surface area (Å²) in [4.78, 5) is 6.72. The number of furan rings is 1. The van der Waals surface area contributed by atoms with Crippen molar-refractivity contribution in [1.82, 2.24) is 10.6 Å². The van der Waals surface area contributed by atoms with Crippen molar-refractivity contribution in [2.75, 3.05) is 31.6 Å². The van der Waals surface area contributed by atoms with E-state index in [-0.39, 0.29) is 24.0 Å². The fourth-order valence-electron chi connectivity index (χ4n) is 2.05. The van der Waals surface area contributed by atoms with Gasteiger partial charge in [-0.3, -0.25) is 0 Å². The zero-order valence-electron chi connectivity index (χ0n) is 13.7. The molecule has 0 amide bonds. The van der Waals surface area contributed by atoms with E-state index in [1.165, 1.54) is 5.69 Å². The average Bonchev–Trinajstić information content (AvgIpc) is 3.06. The molecular formula is C17H25IN4O. The second-order valence-corrected chi connectivity index (χ2v) is 4.96. The van der Waals surface area contributed by atoms with Gasteiger partial charge < -0.3 is 20.0 Å². The molecule has 1 aromatic carbocycles. The van der Waals surface area contributed by atoms with Crippen LogP contribution in [0.4, 0.5) is 5.69 Å². The summed E-state index contributed by atoms with van der Waals surface area (Å²) in [5, 5.41) is 6.58. The highest BCUT2D eigenvalue weighted by atomic mass is 127. The average molecular weight is 428 g/mol. The molecule has 2 N–H and O–H groups in total. The molecule has 0 unspecified atom stereocenters. The number of aliphatic imine (C=N–C) groups is 1. The van der Waals surface area contributed by atoms with Gasteiger partial charge in [0.05, 0.1) is 6.26 Å². The highest BCUT2D eigenvalue weighted by molar-refractivity contribution is 14.0. The van der Waals surface area contributed by atoms with Crippen LogP contribution in [0.25, 0.3) is 0 Å². The molecule has 0 bridgehead atoms. The maximum absolute atomic E-state index is 5.29. The fourth-order valence-corrected chi connectivity index (χ4v) is 2.05. The maximum Gasteiger partial charge on any atom is 0.191 e. The van der Waals surface area contributed by atoms with Crippen molar-refractivity contribution in [3.8, 4) is 0 Å². The Bertz CT molecular complexity index is 557. The van der Waals surface area contributed by atoms with Crippen LogP contribution in [0.5, 0.6) is 0 Å². The van der Waals surface area contributed by atoms with E-state index in [9.17, 15) is 0 Å². The standard InChI is InChI=1S/C17H24N4O.HI/c1-3-18-17(20-14-16-10-7-13-22-16)19-11-12-21(2)15-8-5-4-6-9-15;/h4-10,13H,3,11-12,14H2,1-2H3,(H2,18,19,20);1H. The van der Waals surface area contributed by atoms with Gasteiger partial charge in [0.1, 0.15) is 12.3 Å². The minimum absolute atomic E-state index is 0. The molecule has 126 valence electrons. The summed E-state index contributed by atoms with van der Waals surface area (Å²) in [5.41, 5.74) is 1.21. The Labute approximate surface area is 155 Å². The molecule has 23 heavy (non-hydrogen) atoms. The minimum atomic E-state index is 0. The predicted octanol–water partition coefficient (Wildman–Crippen LogP) is 3.09. The van der Waals surface area contributed by atoms with Crippen molar-refractivity contribution >= 4 is 35.6 Å². The zero-order valence-corrected chi connectivity index (χ0v) is 16.0. The van der Waals surface area contributed by atoms with Crippen molar-refractivity contribution in [3.63, 3.8) is 0 Å². The first-order valence-corrected chi connectivity index (χ1v) is 7.60. The van der Waals surface area contributed by atoms with Gasteiger partial charge in [0.15, 0.2) is 5.96 Å². The summed E-state index contributed by atoms with van der Waals surface area (Å²) in [6.07, 6.45) is 1.67. The summed E-state index contributed by atoms with van der Waals surface area (Å²) in [6, 6.07) is 14.1. The summed E-state index contributed by atoms with van der Waals surface area (Å²) >= 11 is 0. The Morgan fingerprint density at radius 3 is 2.57 bits per heavy atom. The minimum Gasteiger partial charge on any atom is -0.467 e. The number of nitrogens with one attached hydrogen (secondary N) is 2. The number of rotatable bonds is 7. The number of guanidine groups is 1. The molecule has 6 heteroatoms. The molecule has 5 nitrogen and oxygen atoms in total. The lowest BCUT2D eigenvalue weighted by Crippen LogP contribution is -2.41. The second-order valence-electron chi connectivity index (χ2n) is 4.96. The van der Waals surface area contributed by atoms with Crippen LogP contribution in [0.3, 0.4) is 0 Å². The van der Waals surface area contributed by atoms with E-state index < -0.39 is 0 Å². The number of benzene rings is 1. The molecule has 0 aliphatic carbocycles. The van der Waals surface area contributed by atoms with E-state index in [4.69, 9.17) is 4.42 Å². The topological polar surface area (TPSA) is 52.8 Å². The number of hydrogen-bond acceptors (Lipinski definition) is 3. The van der Waals surface area contributed by atoms with Gasteiger partial charge in [-0.25, -0.2) is 4.99 Å². The highest BCUT2D eigenvalue weighted by Gasteiger charge is 2.02. The lowest BCUT2D eigenvalue weighted by Gasteiger charge is -2.20. The van der Waals surface area contributed by atoms with Crippen LogP contribution in [-0.2, 0) is 6.54 Å². The maximum atomic E-state index is 5.29. The largest absolute Gasteiger partial charge is 0.467 e. The van der Waals surface area contributed by atoms with Gasteiger partial charge in [-0.05, 0) is 31.2 Å². The smallest absolute Gasteiger partial charge is 0.191 e. The molecular weight excluding hydrogens is 403 g/mol. The van der Waals surface area contributed by atoms with E-state index in [2.05, 4.69) is 46.6 Å². The van der Waals surface area contributed by atoms with E-state index in [0.29, 0.717) is 6.54 Å². The van der Waals surface area contributed by atoms with Crippen LogP contribution >= 0.6 is 24.0 Å². The molecule has 0 saturated carbocycles. The number of para-hydroxylation sites is 1. The lowest BCUT2D eigenvalue weighted by atomic mass is 10.3. The van der Waals surface area contributed by atoms with Gasteiger partial charge in [0.2, 0.25) is 0 Å². The third-order valence-electron chi connectivity index (χ3n) is 3.25. The van der Waals surface area contributed by atoms with Gasteiger partial charge in [0.25, 0.3) is 0 Å². The van der Waals surface area contributed by atoms with E-state index in [0.717, 1.165) is 31.4 Å². The molecule has 0 aliphatic heterocycles. The lowest BCUT2D eigenvalue weighted by molar-refractivity contribution is 0.512. The third kappa shape index (κ3) is 6.94. The Balaban J connectivity index is 0.00000264. The van der Waals surface area contributed by atoms with E-state index >= 15 is 0 Å².